The van der Waals surface area contributed by atoms with Crippen LogP contribution >= 0.6 is 11.6 Å². The molecule has 0 N–H and O–H groups in total. The van der Waals surface area contributed by atoms with Gasteiger partial charge in [0.25, 0.3) is 11.7 Å². The number of rotatable bonds is 2. The number of carbonyl (C=O) groups excluding carboxylic acids is 2. The fourth-order valence-electron chi connectivity index (χ4n) is 1.96. The number of Topliss-reactive ketones (excluding diaryl/α,β-unsaturated/α-hetero) is 1. The highest BCUT2D eigenvalue weighted by molar-refractivity contribution is 6.52. The summed E-state index contributed by atoms with van der Waals surface area (Å²) in [6.07, 6.45) is 0. The Kier molecular flexibility index (Phi) is 2.60. The smallest absolute Gasteiger partial charge is 0.299 e. The maximum atomic E-state index is 11.9. The molecule has 2 aromatic rings. The summed E-state index contributed by atoms with van der Waals surface area (Å²) in [5.41, 5.74) is 0.809. The minimum Gasteiger partial charge on any atom is -0.337 e. The molecule has 96 valence electrons. The average molecular weight is 278 g/mol. The van der Waals surface area contributed by atoms with E-state index in [1.807, 2.05) is 0 Å². The number of hydrogen-bond donors (Lipinski definition) is 0. The molecule has 0 fully saturated rings. The lowest BCUT2D eigenvalue weighted by Crippen LogP contribution is -2.29. The Morgan fingerprint density at radius 3 is 2.84 bits per heavy atom. The number of ketones is 1. The zero-order chi connectivity index (χ0) is 13.6. The third-order valence-corrected chi connectivity index (χ3v) is 3.03. The van der Waals surface area contributed by atoms with E-state index in [0.29, 0.717) is 22.1 Å². The van der Waals surface area contributed by atoms with Gasteiger partial charge in [-0.15, -0.1) is 0 Å². The first-order valence-corrected chi connectivity index (χ1v) is 5.89. The number of aromatic nitrogens is 2. The van der Waals surface area contributed by atoms with Gasteiger partial charge < -0.3 is 4.52 Å². The predicted octanol–water partition coefficient (Wildman–Crippen LogP) is 1.76. The molecule has 6 nitrogen and oxygen atoms in total. The number of anilines is 1. The van der Waals surface area contributed by atoms with Crippen LogP contribution in [0.5, 0.6) is 0 Å². The van der Waals surface area contributed by atoms with Crippen molar-refractivity contribution >= 4 is 29.0 Å². The molecule has 1 aliphatic heterocycles. The third kappa shape index (κ3) is 1.90. The molecule has 1 amide bonds. The molecule has 1 aromatic heterocycles. The minimum absolute atomic E-state index is 0.0543. The summed E-state index contributed by atoms with van der Waals surface area (Å²) in [7, 11) is 0. The fourth-order valence-corrected chi connectivity index (χ4v) is 2.13. The molecule has 1 aromatic carbocycles. The molecule has 19 heavy (non-hydrogen) atoms. The van der Waals surface area contributed by atoms with E-state index in [1.54, 1.807) is 19.1 Å². The van der Waals surface area contributed by atoms with E-state index in [-0.39, 0.29) is 12.4 Å². The van der Waals surface area contributed by atoms with Gasteiger partial charge in [0.05, 0.1) is 11.3 Å². The van der Waals surface area contributed by atoms with Gasteiger partial charge in [0, 0.05) is 5.02 Å². The van der Waals surface area contributed by atoms with E-state index in [1.165, 1.54) is 11.0 Å². The number of fused-ring (bicyclic) bond motifs is 1. The van der Waals surface area contributed by atoms with Crippen LogP contribution in [0.4, 0.5) is 5.69 Å². The Bertz CT molecular complexity index is 695. The van der Waals surface area contributed by atoms with Gasteiger partial charge in [-0.05, 0) is 25.1 Å². The van der Waals surface area contributed by atoms with Crippen molar-refractivity contribution < 1.29 is 14.1 Å². The summed E-state index contributed by atoms with van der Waals surface area (Å²) >= 11 is 5.89. The van der Waals surface area contributed by atoms with Crippen molar-refractivity contribution in [3.63, 3.8) is 0 Å². The zero-order valence-electron chi connectivity index (χ0n) is 9.88. The molecule has 0 bridgehead atoms. The number of aryl methyl sites for hydroxylation is 1. The van der Waals surface area contributed by atoms with Crippen molar-refractivity contribution in [2.24, 2.45) is 0 Å². The van der Waals surface area contributed by atoms with Gasteiger partial charge in [0.1, 0.15) is 6.54 Å². The Labute approximate surface area is 113 Å². The van der Waals surface area contributed by atoms with Crippen molar-refractivity contribution in [1.29, 1.82) is 0 Å². The highest BCUT2D eigenvalue weighted by Crippen LogP contribution is 2.32. The molecule has 0 aliphatic carbocycles. The maximum Gasteiger partial charge on any atom is 0.299 e. The van der Waals surface area contributed by atoms with Gasteiger partial charge in [-0.1, -0.05) is 16.8 Å². The van der Waals surface area contributed by atoms with Crippen molar-refractivity contribution in [3.8, 4) is 0 Å². The second kappa shape index (κ2) is 4.17. The van der Waals surface area contributed by atoms with Gasteiger partial charge in [-0.2, -0.15) is 4.98 Å². The van der Waals surface area contributed by atoms with E-state index in [2.05, 4.69) is 10.1 Å². The molecular formula is C12H8ClN3O3. The maximum absolute atomic E-state index is 11.9. The summed E-state index contributed by atoms with van der Waals surface area (Å²) in [4.78, 5) is 29.0. The normalized spacial score (nSPS) is 14.1. The summed E-state index contributed by atoms with van der Waals surface area (Å²) in [5.74, 6) is -0.429. The standard InChI is InChI=1S/C12H8ClN3O3/c1-6-14-10(19-15-6)5-16-9-4-7(13)2-3-8(9)11(17)12(16)18/h2-4H,5H2,1H3. The number of carbonyl (C=O) groups is 2. The lowest BCUT2D eigenvalue weighted by molar-refractivity contribution is -0.114. The van der Waals surface area contributed by atoms with Crippen molar-refractivity contribution in [3.05, 3.63) is 40.5 Å². The summed E-state index contributed by atoms with van der Waals surface area (Å²) in [6, 6.07) is 4.69. The summed E-state index contributed by atoms with van der Waals surface area (Å²) in [5, 5.41) is 4.09. The molecule has 0 spiro atoms. The quantitative estimate of drug-likeness (QED) is 0.782. The molecule has 0 radical (unpaired) electrons. The largest absolute Gasteiger partial charge is 0.337 e. The number of nitrogens with zero attached hydrogens (tertiary/aromatic N) is 3. The molecule has 0 saturated heterocycles. The Balaban J connectivity index is 2.01. The SMILES string of the molecule is Cc1noc(CN2C(=O)C(=O)c3ccc(Cl)cc32)n1. The van der Waals surface area contributed by atoms with Gasteiger partial charge in [-0.25, -0.2) is 0 Å². The van der Waals surface area contributed by atoms with E-state index in [9.17, 15) is 9.59 Å². The fraction of sp³-hybridized carbons (Fsp3) is 0.167. The number of hydrogen-bond acceptors (Lipinski definition) is 5. The first kappa shape index (κ1) is 11.9. The van der Waals surface area contributed by atoms with Gasteiger partial charge >= 0.3 is 0 Å². The van der Waals surface area contributed by atoms with Crippen molar-refractivity contribution in [2.45, 2.75) is 13.5 Å². The Hall–Kier alpha value is -2.21. The predicted molar refractivity (Wildman–Crippen MR) is 66.0 cm³/mol. The van der Waals surface area contributed by atoms with Crippen LogP contribution in [0.25, 0.3) is 0 Å². The van der Waals surface area contributed by atoms with Crippen LogP contribution in [-0.4, -0.2) is 21.8 Å². The third-order valence-electron chi connectivity index (χ3n) is 2.80. The molecule has 7 heteroatoms. The molecule has 0 atom stereocenters. The Morgan fingerprint density at radius 2 is 2.16 bits per heavy atom. The second-order valence-electron chi connectivity index (χ2n) is 4.12. The number of halogens is 1. The van der Waals surface area contributed by atoms with E-state index in [0.717, 1.165) is 0 Å². The zero-order valence-corrected chi connectivity index (χ0v) is 10.6. The summed E-state index contributed by atoms with van der Waals surface area (Å²) < 4.78 is 4.96. The molecule has 1 aliphatic rings. The first-order chi connectivity index (χ1) is 9.06. The monoisotopic (exact) mass is 277 g/mol. The molecule has 2 heterocycles. The van der Waals surface area contributed by atoms with Crippen LogP contribution in [0.3, 0.4) is 0 Å². The molecule has 0 saturated carbocycles. The van der Waals surface area contributed by atoms with Crippen LogP contribution in [0.15, 0.2) is 22.7 Å². The topological polar surface area (TPSA) is 76.3 Å². The van der Waals surface area contributed by atoms with Crippen LogP contribution < -0.4 is 4.90 Å². The van der Waals surface area contributed by atoms with Gasteiger partial charge in [-0.3, -0.25) is 14.5 Å². The highest BCUT2D eigenvalue weighted by atomic mass is 35.5. The van der Waals surface area contributed by atoms with Crippen LogP contribution in [-0.2, 0) is 11.3 Å². The van der Waals surface area contributed by atoms with E-state index >= 15 is 0 Å². The molecule has 0 unspecified atom stereocenters. The van der Waals surface area contributed by atoms with Gasteiger partial charge in [0.2, 0.25) is 5.89 Å². The lowest BCUT2D eigenvalue weighted by atomic mass is 10.1. The van der Waals surface area contributed by atoms with Crippen molar-refractivity contribution in [2.75, 3.05) is 4.90 Å². The van der Waals surface area contributed by atoms with E-state index < -0.39 is 11.7 Å². The van der Waals surface area contributed by atoms with Gasteiger partial charge in [0.15, 0.2) is 5.82 Å². The molecular weight excluding hydrogens is 270 g/mol. The lowest BCUT2D eigenvalue weighted by Gasteiger charge is -2.13. The van der Waals surface area contributed by atoms with E-state index in [4.69, 9.17) is 16.1 Å². The summed E-state index contributed by atoms with van der Waals surface area (Å²) in [6.45, 7) is 1.73. The average Bonchev–Trinajstić information content (AvgIpc) is 2.88. The first-order valence-electron chi connectivity index (χ1n) is 5.51. The number of amides is 1. The second-order valence-corrected chi connectivity index (χ2v) is 4.55. The minimum atomic E-state index is -0.617. The van der Waals surface area contributed by atoms with Crippen LogP contribution in [0, 0.1) is 6.92 Å². The number of benzene rings is 1. The van der Waals surface area contributed by atoms with Crippen LogP contribution in [0.1, 0.15) is 22.1 Å². The van der Waals surface area contributed by atoms with Crippen LogP contribution in [0.2, 0.25) is 5.02 Å². The highest BCUT2D eigenvalue weighted by Gasteiger charge is 2.36. The Morgan fingerprint density at radius 1 is 1.37 bits per heavy atom. The van der Waals surface area contributed by atoms with Crippen molar-refractivity contribution in [1.82, 2.24) is 10.1 Å². The molecule has 3 rings (SSSR count).